The zero-order chi connectivity index (χ0) is 14.2. The van der Waals surface area contributed by atoms with Crippen LogP contribution >= 0.6 is 0 Å². The Morgan fingerprint density at radius 1 is 1.25 bits per heavy atom. The molecule has 1 spiro atoms. The summed E-state index contributed by atoms with van der Waals surface area (Å²) in [5, 5.41) is 9.65. The van der Waals surface area contributed by atoms with E-state index in [1.165, 1.54) is 5.56 Å². The molecule has 3 rings (SSSR count). The number of aromatic hydroxyl groups is 1. The van der Waals surface area contributed by atoms with Gasteiger partial charge in [0.05, 0.1) is 13.2 Å². The van der Waals surface area contributed by atoms with Crippen molar-refractivity contribution in [3.8, 4) is 5.75 Å². The van der Waals surface area contributed by atoms with Crippen LogP contribution in [-0.4, -0.2) is 24.1 Å². The van der Waals surface area contributed by atoms with Gasteiger partial charge in [-0.15, -0.1) is 0 Å². The smallest absolute Gasteiger partial charge is 0.170 e. The summed E-state index contributed by atoms with van der Waals surface area (Å²) in [5.41, 5.74) is 2.29. The Hall–Kier alpha value is -1.06. The molecule has 1 N–H and O–H groups in total. The summed E-state index contributed by atoms with van der Waals surface area (Å²) >= 11 is 0. The summed E-state index contributed by atoms with van der Waals surface area (Å²) in [6.07, 6.45) is 4.16. The van der Waals surface area contributed by atoms with E-state index in [1.807, 2.05) is 13.0 Å². The third kappa shape index (κ3) is 2.45. The lowest BCUT2D eigenvalue weighted by atomic mass is 9.74. The average Bonchev–Trinajstić information content (AvgIpc) is 2.46. The van der Waals surface area contributed by atoms with Crippen LogP contribution in [0.4, 0.5) is 0 Å². The van der Waals surface area contributed by atoms with Gasteiger partial charge in [-0.1, -0.05) is 19.1 Å². The monoisotopic (exact) mass is 276 g/mol. The van der Waals surface area contributed by atoms with E-state index in [4.69, 9.17) is 9.47 Å². The second-order valence-corrected chi connectivity index (χ2v) is 6.28. The van der Waals surface area contributed by atoms with Gasteiger partial charge in [-0.3, -0.25) is 0 Å². The maximum atomic E-state index is 9.65. The summed E-state index contributed by atoms with van der Waals surface area (Å²) in [6.45, 7) is 5.85. The zero-order valence-corrected chi connectivity index (χ0v) is 12.4. The molecule has 1 aromatic carbocycles. The first-order valence-corrected chi connectivity index (χ1v) is 7.68. The van der Waals surface area contributed by atoms with Gasteiger partial charge in [0.15, 0.2) is 5.79 Å². The van der Waals surface area contributed by atoms with E-state index in [9.17, 15) is 5.11 Å². The first-order valence-electron chi connectivity index (χ1n) is 7.68. The molecule has 1 aliphatic carbocycles. The first-order chi connectivity index (χ1) is 9.61. The molecule has 3 heteroatoms. The molecule has 2 fully saturated rings. The van der Waals surface area contributed by atoms with Crippen molar-refractivity contribution in [1.29, 1.82) is 0 Å². The molecule has 1 aromatic rings. The highest BCUT2D eigenvalue weighted by Crippen LogP contribution is 2.45. The van der Waals surface area contributed by atoms with Crippen molar-refractivity contribution in [1.82, 2.24) is 0 Å². The van der Waals surface area contributed by atoms with Gasteiger partial charge in [0.1, 0.15) is 5.75 Å². The lowest BCUT2D eigenvalue weighted by Gasteiger charge is -2.46. The fourth-order valence-corrected chi connectivity index (χ4v) is 3.60. The number of phenols is 1. The van der Waals surface area contributed by atoms with Gasteiger partial charge in [0.25, 0.3) is 0 Å². The minimum atomic E-state index is -0.333. The molecule has 1 saturated carbocycles. The summed E-state index contributed by atoms with van der Waals surface area (Å²) in [7, 11) is 0. The Balaban J connectivity index is 1.74. The minimum Gasteiger partial charge on any atom is -0.508 e. The lowest BCUT2D eigenvalue weighted by Crippen LogP contribution is -2.49. The Kier molecular flexibility index (Phi) is 3.74. The topological polar surface area (TPSA) is 38.7 Å². The van der Waals surface area contributed by atoms with Crippen LogP contribution in [0, 0.1) is 12.8 Å². The number of aryl methyl sites for hydroxylation is 1. The van der Waals surface area contributed by atoms with E-state index in [-0.39, 0.29) is 5.79 Å². The molecular formula is C17H24O3. The fraction of sp³-hybridized carbons (Fsp3) is 0.647. The summed E-state index contributed by atoms with van der Waals surface area (Å²) in [6, 6.07) is 5.99. The molecule has 1 heterocycles. The molecule has 110 valence electrons. The second kappa shape index (κ2) is 5.38. The second-order valence-electron chi connectivity index (χ2n) is 6.28. The van der Waals surface area contributed by atoms with Crippen LogP contribution in [0.3, 0.4) is 0 Å². The van der Waals surface area contributed by atoms with E-state index in [0.717, 1.165) is 44.5 Å². The molecule has 2 unspecified atom stereocenters. The average molecular weight is 276 g/mol. The van der Waals surface area contributed by atoms with Crippen molar-refractivity contribution in [3.05, 3.63) is 29.3 Å². The zero-order valence-electron chi connectivity index (χ0n) is 12.4. The molecule has 2 aliphatic rings. The summed E-state index contributed by atoms with van der Waals surface area (Å²) in [5.74, 6) is 1.01. The molecule has 3 nitrogen and oxygen atoms in total. The van der Waals surface area contributed by atoms with E-state index in [1.54, 1.807) is 0 Å². The van der Waals surface area contributed by atoms with Gasteiger partial charge in [-0.2, -0.15) is 0 Å². The number of benzene rings is 1. The van der Waals surface area contributed by atoms with E-state index in [2.05, 4.69) is 19.1 Å². The van der Waals surface area contributed by atoms with Crippen LogP contribution in [0.25, 0.3) is 0 Å². The van der Waals surface area contributed by atoms with Gasteiger partial charge < -0.3 is 14.6 Å². The minimum absolute atomic E-state index is 0.333. The Morgan fingerprint density at radius 3 is 2.65 bits per heavy atom. The standard InChI is InChI=1S/C17H24O3/c1-12-10-14(4-5-16(12)18)15-6-7-17(13(2)11-15)19-8-3-9-20-17/h4-5,10,13,15,18H,3,6-9,11H2,1-2H3. The maximum Gasteiger partial charge on any atom is 0.170 e. The predicted molar refractivity (Wildman–Crippen MR) is 77.9 cm³/mol. The number of hydrogen-bond acceptors (Lipinski definition) is 3. The molecule has 0 amide bonds. The Morgan fingerprint density at radius 2 is 2.00 bits per heavy atom. The third-order valence-corrected chi connectivity index (χ3v) is 4.90. The molecule has 1 aliphatic heterocycles. The highest BCUT2D eigenvalue weighted by molar-refractivity contribution is 5.36. The third-order valence-electron chi connectivity index (χ3n) is 4.90. The van der Waals surface area contributed by atoms with Gasteiger partial charge in [0, 0.05) is 12.3 Å². The normalized spacial score (nSPS) is 29.5. The molecule has 0 bridgehead atoms. The molecule has 20 heavy (non-hydrogen) atoms. The van der Waals surface area contributed by atoms with Crippen LogP contribution in [-0.2, 0) is 9.47 Å². The molecule has 1 saturated heterocycles. The van der Waals surface area contributed by atoms with Crippen LogP contribution in [0.5, 0.6) is 5.75 Å². The van der Waals surface area contributed by atoms with Gasteiger partial charge >= 0.3 is 0 Å². The molecular weight excluding hydrogens is 252 g/mol. The SMILES string of the molecule is Cc1cc(C2CCC3(OCCCO3)C(C)C2)ccc1O. The quantitative estimate of drug-likeness (QED) is 0.849. The van der Waals surface area contributed by atoms with Crippen LogP contribution in [0.2, 0.25) is 0 Å². The molecule has 0 aromatic heterocycles. The lowest BCUT2D eigenvalue weighted by molar-refractivity contribution is -0.303. The first kappa shape index (κ1) is 13.9. The van der Waals surface area contributed by atoms with Crippen molar-refractivity contribution in [2.45, 2.75) is 51.2 Å². The van der Waals surface area contributed by atoms with Gasteiger partial charge in [-0.25, -0.2) is 0 Å². The fourth-order valence-electron chi connectivity index (χ4n) is 3.60. The summed E-state index contributed by atoms with van der Waals surface area (Å²) in [4.78, 5) is 0. The molecule has 2 atom stereocenters. The number of rotatable bonds is 1. The number of phenolic OH excluding ortho intramolecular Hbond substituents is 1. The van der Waals surface area contributed by atoms with E-state index < -0.39 is 0 Å². The van der Waals surface area contributed by atoms with Crippen LogP contribution in [0.1, 0.15) is 49.7 Å². The van der Waals surface area contributed by atoms with Crippen molar-refractivity contribution >= 4 is 0 Å². The van der Waals surface area contributed by atoms with E-state index in [0.29, 0.717) is 17.6 Å². The van der Waals surface area contributed by atoms with Crippen LogP contribution < -0.4 is 0 Å². The molecule has 0 radical (unpaired) electrons. The Bertz CT molecular complexity index is 477. The van der Waals surface area contributed by atoms with Crippen molar-refractivity contribution in [2.24, 2.45) is 5.92 Å². The van der Waals surface area contributed by atoms with Gasteiger partial charge in [-0.05, 0) is 49.3 Å². The maximum absolute atomic E-state index is 9.65. The van der Waals surface area contributed by atoms with Crippen molar-refractivity contribution in [3.63, 3.8) is 0 Å². The van der Waals surface area contributed by atoms with Gasteiger partial charge in [0.2, 0.25) is 0 Å². The number of hydrogen-bond donors (Lipinski definition) is 1. The predicted octanol–water partition coefficient (Wildman–Crippen LogP) is 3.74. The Labute approximate surface area is 120 Å². The summed E-state index contributed by atoms with van der Waals surface area (Å²) < 4.78 is 12.0. The highest BCUT2D eigenvalue weighted by atomic mass is 16.7. The number of ether oxygens (including phenoxy) is 2. The van der Waals surface area contributed by atoms with Crippen molar-refractivity contribution < 1.29 is 14.6 Å². The van der Waals surface area contributed by atoms with Crippen molar-refractivity contribution in [2.75, 3.05) is 13.2 Å². The van der Waals surface area contributed by atoms with Crippen LogP contribution in [0.15, 0.2) is 18.2 Å². The largest absolute Gasteiger partial charge is 0.508 e. The van der Waals surface area contributed by atoms with E-state index >= 15 is 0 Å². The highest BCUT2D eigenvalue weighted by Gasteiger charge is 2.44.